The van der Waals surface area contributed by atoms with E-state index in [1.807, 2.05) is 30.3 Å². The number of hydrogen-bond donors (Lipinski definition) is 9. The molecule has 3 aliphatic rings. The van der Waals surface area contributed by atoms with Crippen LogP contribution in [0.4, 0.5) is 10.2 Å². The normalized spacial score (nSPS) is 27.0. The number of thioether (sulfide) groups is 1. The van der Waals surface area contributed by atoms with E-state index < -0.39 is 95.4 Å². The number of aliphatic hydroxyl groups is 2. The van der Waals surface area contributed by atoms with Crippen molar-refractivity contribution >= 4 is 69.1 Å². The van der Waals surface area contributed by atoms with Gasteiger partial charge in [0.25, 0.3) is 0 Å². The summed E-state index contributed by atoms with van der Waals surface area (Å²) in [7, 11) is -16.5. The Morgan fingerprint density at radius 1 is 0.974 bits per heavy atom. The number of nitriles is 1. The Kier molecular flexibility index (Phi) is 19.6. The molecule has 0 bridgehead atoms. The summed E-state index contributed by atoms with van der Waals surface area (Å²) in [6.07, 6.45) is -3.63. The summed E-state index contributed by atoms with van der Waals surface area (Å²) in [6.45, 7) is 3.76. The van der Waals surface area contributed by atoms with Gasteiger partial charge in [0.2, 0.25) is 11.8 Å². The van der Waals surface area contributed by atoms with Crippen molar-refractivity contribution in [2.24, 2.45) is 11.3 Å². The molecule has 10 N–H and O–H groups in total. The van der Waals surface area contributed by atoms with Gasteiger partial charge in [-0.05, 0) is 67.8 Å². The molecule has 2 aromatic heterocycles. The highest BCUT2D eigenvalue weighted by Crippen LogP contribution is 2.61. The van der Waals surface area contributed by atoms with Gasteiger partial charge in [0.05, 0.1) is 36.4 Å². The van der Waals surface area contributed by atoms with Crippen molar-refractivity contribution in [3.8, 4) is 6.07 Å². The second-order valence-corrected chi connectivity index (χ2v) is 25.4. The predicted molar refractivity (Wildman–Crippen MR) is 277 cm³/mol. The van der Waals surface area contributed by atoms with Crippen molar-refractivity contribution in [1.82, 2.24) is 35.1 Å². The van der Waals surface area contributed by atoms with Gasteiger partial charge in [-0.3, -0.25) is 32.5 Å². The van der Waals surface area contributed by atoms with Crippen LogP contribution in [-0.2, 0) is 61.5 Å². The number of fused-ring (bicyclic) bond motifs is 1. The molecule has 26 nitrogen and oxygen atoms in total. The molecule has 2 amide bonds. The summed E-state index contributed by atoms with van der Waals surface area (Å²) >= 11 is 1.13. The Labute approximate surface area is 452 Å². The molecule has 426 valence electrons. The fourth-order valence-corrected chi connectivity index (χ4v) is 14.1. The lowest BCUT2D eigenvalue weighted by Gasteiger charge is -2.49. The van der Waals surface area contributed by atoms with Crippen molar-refractivity contribution in [2.75, 3.05) is 50.9 Å². The van der Waals surface area contributed by atoms with E-state index in [1.165, 1.54) is 26.0 Å². The molecule has 7 rings (SSSR count). The van der Waals surface area contributed by atoms with Gasteiger partial charge in [-0.25, -0.2) is 33.0 Å². The minimum atomic E-state index is -5.62. The van der Waals surface area contributed by atoms with Gasteiger partial charge in [-0.1, -0.05) is 75.0 Å². The number of benzene rings is 2. The van der Waals surface area contributed by atoms with Crippen molar-refractivity contribution in [3.05, 3.63) is 84.2 Å². The van der Waals surface area contributed by atoms with Crippen molar-refractivity contribution in [3.63, 3.8) is 0 Å². The van der Waals surface area contributed by atoms with Gasteiger partial charge in [-0.15, -0.1) is 0 Å². The van der Waals surface area contributed by atoms with E-state index >= 15 is 0 Å². The zero-order valence-electron chi connectivity index (χ0n) is 42.6. The van der Waals surface area contributed by atoms with Crippen LogP contribution in [0.1, 0.15) is 76.7 Å². The molecule has 2 saturated heterocycles. The molecule has 0 radical (unpaired) electrons. The Hall–Kier alpha value is -4.62. The summed E-state index contributed by atoms with van der Waals surface area (Å²) in [5, 5.41) is 37.1. The highest BCUT2D eigenvalue weighted by atomic mass is 32.2. The van der Waals surface area contributed by atoms with E-state index in [0.29, 0.717) is 32.4 Å². The third-order valence-corrected chi connectivity index (χ3v) is 18.6. The van der Waals surface area contributed by atoms with Crippen LogP contribution in [0.5, 0.6) is 0 Å². The number of hydrogen-bond acceptors (Lipinski definition) is 20. The van der Waals surface area contributed by atoms with Crippen LogP contribution in [0.2, 0.25) is 0 Å². The van der Waals surface area contributed by atoms with E-state index in [4.69, 9.17) is 19.5 Å². The van der Waals surface area contributed by atoms with Gasteiger partial charge in [-0.2, -0.15) is 9.57 Å². The first kappa shape index (κ1) is 61.0. The average molecular weight is 1170 g/mol. The SMILES string of the molecule is C[C@@H]1CN(C2CCC(C#N)(c3ccc(F)cc3)CC2)CC[C@]1(C(=O)SCCNC(=O)CCNC(=O)C(O)C(C)(C)COP(=O)(O)OP(=O)(O)OCC1OC(n2cnc3c(N)ncnc32)C(O)C1OP(=O)(O)O)c1ccccc1. The van der Waals surface area contributed by atoms with E-state index in [9.17, 15) is 67.5 Å². The van der Waals surface area contributed by atoms with Gasteiger partial charge in [0.15, 0.2) is 22.8 Å². The fraction of sp³-hybridized carbons (Fsp3) is 0.553. The number of imidazole rings is 1. The summed E-state index contributed by atoms with van der Waals surface area (Å²) in [4.78, 5) is 94.0. The van der Waals surface area contributed by atoms with Crippen LogP contribution >= 0.6 is 35.2 Å². The summed E-state index contributed by atoms with van der Waals surface area (Å²) < 4.78 is 76.6. The number of anilines is 1. The number of carbonyl (C=O) groups is 3. The van der Waals surface area contributed by atoms with Gasteiger partial charge < -0.3 is 55.8 Å². The first-order chi connectivity index (χ1) is 36.7. The monoisotopic (exact) mass is 1170 g/mol. The lowest BCUT2D eigenvalue weighted by Crippen LogP contribution is -2.55. The molecule has 4 aromatic rings. The molecule has 3 fully saturated rings. The van der Waals surface area contributed by atoms with E-state index in [2.05, 4.69) is 52.3 Å². The lowest BCUT2D eigenvalue weighted by molar-refractivity contribution is -0.137. The highest BCUT2D eigenvalue weighted by molar-refractivity contribution is 8.13. The summed E-state index contributed by atoms with van der Waals surface area (Å²) in [5.41, 5.74) is 4.52. The van der Waals surface area contributed by atoms with E-state index in [0.717, 1.165) is 53.0 Å². The van der Waals surface area contributed by atoms with Gasteiger partial charge in [0, 0.05) is 43.3 Å². The number of carbonyl (C=O) groups excluding carboxylic acids is 3. The number of nitrogens with zero attached hydrogens (tertiary/aromatic N) is 6. The first-order valence-electron chi connectivity index (χ1n) is 24.7. The number of rotatable bonds is 23. The molecule has 78 heavy (non-hydrogen) atoms. The van der Waals surface area contributed by atoms with Crippen molar-refractivity contribution < 1.29 is 84.9 Å². The van der Waals surface area contributed by atoms with Gasteiger partial charge in [0.1, 0.15) is 42.1 Å². The zero-order valence-corrected chi connectivity index (χ0v) is 46.1. The average Bonchev–Trinajstić information content (AvgIpc) is 4.03. The van der Waals surface area contributed by atoms with Crippen LogP contribution in [0, 0.1) is 28.5 Å². The number of ether oxygens (including phenoxy) is 1. The number of halogens is 1. The van der Waals surface area contributed by atoms with Crippen LogP contribution in [0.15, 0.2) is 67.3 Å². The Bertz CT molecular complexity index is 2970. The summed E-state index contributed by atoms with van der Waals surface area (Å²) in [6, 6.07) is 18.6. The third-order valence-electron chi connectivity index (χ3n) is 14.5. The molecule has 7 unspecified atom stereocenters. The van der Waals surface area contributed by atoms with Crippen molar-refractivity contribution in [1.29, 1.82) is 5.26 Å². The Balaban J connectivity index is 0.829. The van der Waals surface area contributed by atoms with Crippen LogP contribution in [-0.4, -0.2) is 147 Å². The molecule has 4 heterocycles. The Morgan fingerprint density at radius 2 is 1.65 bits per heavy atom. The highest BCUT2D eigenvalue weighted by Gasteiger charge is 2.52. The number of phosphoric acid groups is 3. The van der Waals surface area contributed by atoms with Crippen molar-refractivity contribution in [2.45, 2.75) is 107 Å². The molecular formula is C47H63FN9O17P3S. The number of aliphatic hydroxyl groups excluding tert-OH is 2. The smallest absolute Gasteiger partial charge is 0.386 e. The van der Waals surface area contributed by atoms with Crippen LogP contribution < -0.4 is 16.4 Å². The van der Waals surface area contributed by atoms with E-state index in [1.54, 1.807) is 12.1 Å². The number of piperidine rings is 1. The third kappa shape index (κ3) is 14.5. The van der Waals surface area contributed by atoms with Gasteiger partial charge >= 0.3 is 23.5 Å². The maximum absolute atomic E-state index is 14.3. The first-order valence-corrected chi connectivity index (χ1v) is 30.2. The molecule has 1 saturated carbocycles. The molecule has 1 aliphatic carbocycles. The number of nitrogens with two attached hydrogens (primary N) is 1. The summed E-state index contributed by atoms with van der Waals surface area (Å²) in [5.74, 6) is -1.66. The number of nitrogen functional groups attached to an aromatic ring is 1. The minimum Gasteiger partial charge on any atom is -0.386 e. The number of phosphoric ester groups is 3. The molecule has 9 atom stereocenters. The second-order valence-electron chi connectivity index (χ2n) is 20.1. The molecule has 2 aliphatic heterocycles. The minimum absolute atomic E-state index is 0.0181. The number of nitrogens with one attached hydrogen (secondary N) is 2. The molecule has 0 spiro atoms. The predicted octanol–water partition coefficient (Wildman–Crippen LogP) is 3.49. The quantitative estimate of drug-likeness (QED) is 0.0379. The zero-order chi connectivity index (χ0) is 56.8. The number of amides is 2. The molecular weight excluding hydrogens is 1110 g/mol. The maximum Gasteiger partial charge on any atom is 0.481 e. The van der Waals surface area contributed by atoms with Crippen LogP contribution in [0.3, 0.4) is 0 Å². The number of likely N-dealkylation sites (tertiary alicyclic amines) is 1. The largest absolute Gasteiger partial charge is 0.481 e. The standard InChI is InChI=1S/C47H63FN9O17P3S/c1-29-23-56(33-13-16-46(25-49,17-14-33)30-9-11-32(48)12-10-30)21-18-47(29,31-7-5-4-6-8-31)44(62)78-22-20-51-35(58)15-19-52-42(61)39(60)45(2,3)26-71-77(68,69)74-76(66,67)70-24-34-38(73-75(63,64)65)37(59)43(72-34)57-28-55-36-40(50)53-27-54-41(36)57/h4-12,27-29,33-34,37-39,43,59-60H,13-24,26H2,1-3H3,(H,51,58)(H,52,61)(H,66,67)(H,68,69)(H2,50,53,54)(H2,63,64,65)/t29-,33?,34?,37?,38?,39?,43?,46?,47-/m1/s1. The second kappa shape index (κ2) is 25.0. The Morgan fingerprint density at radius 3 is 2.31 bits per heavy atom. The maximum atomic E-state index is 14.3. The fourth-order valence-electron chi connectivity index (χ4n) is 10.2. The molecule has 31 heteroatoms. The number of aromatic nitrogens is 4. The van der Waals surface area contributed by atoms with Crippen LogP contribution in [0.25, 0.3) is 11.2 Å². The lowest BCUT2D eigenvalue weighted by atomic mass is 9.65. The van der Waals surface area contributed by atoms with E-state index in [-0.39, 0.29) is 65.1 Å². The topological polar surface area (TPSA) is 391 Å². The molecule has 2 aromatic carbocycles.